The van der Waals surface area contributed by atoms with Gasteiger partial charge in [-0.05, 0) is 19.3 Å². The molecule has 6 nitrogen and oxygen atoms in total. The molecule has 0 spiro atoms. The van der Waals surface area contributed by atoms with Crippen LogP contribution in [0.3, 0.4) is 0 Å². The van der Waals surface area contributed by atoms with Crippen molar-refractivity contribution >= 4 is 27.3 Å². The van der Waals surface area contributed by atoms with E-state index in [1.54, 1.807) is 11.3 Å². The molecular weight excluding hydrogens is 406 g/mol. The number of benzene rings is 1. The van der Waals surface area contributed by atoms with Crippen molar-refractivity contribution in [3.05, 3.63) is 41.4 Å². The van der Waals surface area contributed by atoms with Crippen molar-refractivity contribution < 1.29 is 13.2 Å². The van der Waals surface area contributed by atoms with Gasteiger partial charge in [0.15, 0.2) is 0 Å². The van der Waals surface area contributed by atoms with Crippen LogP contribution in [0.4, 0.5) is 0 Å². The number of carbonyl (C=O) groups excluding carboxylic acids is 1. The number of nitrogens with zero attached hydrogens (tertiary/aromatic N) is 2. The third-order valence-electron chi connectivity index (χ3n) is 5.59. The lowest BCUT2D eigenvalue weighted by atomic mass is 10.0. The van der Waals surface area contributed by atoms with Crippen LogP contribution >= 0.6 is 11.3 Å². The summed E-state index contributed by atoms with van der Waals surface area (Å²) in [6, 6.07) is 9.54. The third-order valence-corrected chi connectivity index (χ3v) is 8.51. The first-order chi connectivity index (χ1) is 13.8. The van der Waals surface area contributed by atoms with Crippen LogP contribution in [0.15, 0.2) is 35.7 Å². The molecule has 156 valence electrons. The van der Waals surface area contributed by atoms with E-state index < -0.39 is 10.0 Å². The molecule has 0 unspecified atom stereocenters. The first-order valence-electron chi connectivity index (χ1n) is 10.2. The normalized spacial score (nSPS) is 22.4. The molecule has 1 saturated carbocycles. The van der Waals surface area contributed by atoms with Gasteiger partial charge in [0.05, 0.1) is 17.0 Å². The maximum Gasteiger partial charge on any atom is 0.225 e. The van der Waals surface area contributed by atoms with Gasteiger partial charge in [-0.2, -0.15) is 0 Å². The Morgan fingerprint density at radius 2 is 1.97 bits per heavy atom. The van der Waals surface area contributed by atoms with Gasteiger partial charge in [0.2, 0.25) is 15.9 Å². The lowest BCUT2D eigenvalue weighted by Gasteiger charge is -2.29. The molecular formula is C21H27N3O3S2. The van der Waals surface area contributed by atoms with E-state index in [0.717, 1.165) is 29.1 Å². The molecule has 0 radical (unpaired) electrons. The Bertz CT molecular complexity index is 968. The largest absolute Gasteiger partial charge is 0.337 e. The van der Waals surface area contributed by atoms with E-state index in [-0.39, 0.29) is 29.2 Å². The number of amides is 1. The van der Waals surface area contributed by atoms with E-state index >= 15 is 0 Å². The molecule has 1 saturated heterocycles. The summed E-state index contributed by atoms with van der Waals surface area (Å²) in [5.74, 6) is -0.0479. The number of likely N-dealkylation sites (tertiary alicyclic amines) is 1. The summed E-state index contributed by atoms with van der Waals surface area (Å²) in [6.45, 7) is 4.35. The molecule has 1 aromatic heterocycles. The number of rotatable bonds is 7. The summed E-state index contributed by atoms with van der Waals surface area (Å²) in [4.78, 5) is 19.4. The van der Waals surface area contributed by atoms with Crippen molar-refractivity contribution in [1.29, 1.82) is 0 Å². The van der Waals surface area contributed by atoms with Gasteiger partial charge < -0.3 is 4.90 Å². The third kappa shape index (κ3) is 4.54. The van der Waals surface area contributed by atoms with Crippen molar-refractivity contribution in [2.45, 2.75) is 56.9 Å². The van der Waals surface area contributed by atoms with Gasteiger partial charge in [-0.15, -0.1) is 11.3 Å². The summed E-state index contributed by atoms with van der Waals surface area (Å²) in [7, 11) is -3.31. The van der Waals surface area contributed by atoms with E-state index in [9.17, 15) is 13.2 Å². The lowest BCUT2D eigenvalue weighted by Crippen LogP contribution is -2.49. The molecule has 2 aromatic rings. The van der Waals surface area contributed by atoms with Gasteiger partial charge in [-0.1, -0.05) is 44.2 Å². The first-order valence-corrected chi connectivity index (χ1v) is 12.6. The predicted molar refractivity (Wildman–Crippen MR) is 115 cm³/mol. The highest BCUT2D eigenvalue weighted by Gasteiger charge is 2.43. The van der Waals surface area contributed by atoms with E-state index in [2.05, 4.69) is 4.72 Å². The average molecular weight is 434 g/mol. The monoisotopic (exact) mass is 433 g/mol. The standard InChI is InChI=1S/C21H27N3O3S2/c1-14(2)21(25)24-11-10-18(23-29(26,27)17-8-9-17)19(24)12-16-13-28-20(22-16)15-6-4-3-5-7-15/h3-7,13-14,17-19,23H,8-12H2,1-2H3/t18-,19-/m1/s1. The van der Waals surface area contributed by atoms with Crippen LogP contribution in [0.25, 0.3) is 10.6 Å². The van der Waals surface area contributed by atoms with Gasteiger partial charge in [0, 0.05) is 35.9 Å². The minimum Gasteiger partial charge on any atom is -0.337 e. The Hall–Kier alpha value is -1.77. The fourth-order valence-electron chi connectivity index (χ4n) is 3.86. The van der Waals surface area contributed by atoms with Crippen LogP contribution in [0.5, 0.6) is 0 Å². The highest BCUT2D eigenvalue weighted by Crippen LogP contribution is 2.31. The molecule has 2 fully saturated rings. The fraction of sp³-hybridized carbons (Fsp3) is 0.524. The van der Waals surface area contributed by atoms with E-state index in [4.69, 9.17) is 4.98 Å². The van der Waals surface area contributed by atoms with Gasteiger partial charge in [0.25, 0.3) is 0 Å². The van der Waals surface area contributed by atoms with E-state index in [1.807, 2.05) is 54.5 Å². The van der Waals surface area contributed by atoms with Crippen LogP contribution in [0.1, 0.15) is 38.8 Å². The summed E-state index contributed by atoms with van der Waals surface area (Å²) < 4.78 is 27.9. The molecule has 2 aliphatic rings. The van der Waals surface area contributed by atoms with Gasteiger partial charge in [-0.3, -0.25) is 4.79 Å². The fourth-order valence-corrected chi connectivity index (χ4v) is 6.35. The molecule has 4 rings (SSSR count). The van der Waals surface area contributed by atoms with Gasteiger partial charge in [-0.25, -0.2) is 18.1 Å². The topological polar surface area (TPSA) is 79.4 Å². The van der Waals surface area contributed by atoms with Crippen molar-refractivity contribution in [3.8, 4) is 10.6 Å². The number of hydrogen-bond donors (Lipinski definition) is 1. The summed E-state index contributed by atoms with van der Waals surface area (Å²) in [5.41, 5.74) is 1.97. The van der Waals surface area contributed by atoms with Crippen molar-refractivity contribution in [2.75, 3.05) is 6.54 Å². The van der Waals surface area contributed by atoms with Crippen LogP contribution in [0, 0.1) is 5.92 Å². The molecule has 1 aromatic carbocycles. The van der Waals surface area contributed by atoms with Crippen LogP contribution in [-0.2, 0) is 21.2 Å². The molecule has 29 heavy (non-hydrogen) atoms. The Morgan fingerprint density at radius 3 is 2.62 bits per heavy atom. The maximum absolute atomic E-state index is 12.8. The smallest absolute Gasteiger partial charge is 0.225 e. The van der Waals surface area contributed by atoms with Gasteiger partial charge >= 0.3 is 0 Å². The maximum atomic E-state index is 12.8. The number of hydrogen-bond acceptors (Lipinski definition) is 5. The van der Waals surface area contributed by atoms with Crippen molar-refractivity contribution in [1.82, 2.24) is 14.6 Å². The van der Waals surface area contributed by atoms with Crippen LogP contribution in [-0.4, -0.2) is 48.1 Å². The molecule has 0 bridgehead atoms. The number of aromatic nitrogens is 1. The summed E-state index contributed by atoms with van der Waals surface area (Å²) in [6.07, 6.45) is 2.66. The highest BCUT2D eigenvalue weighted by molar-refractivity contribution is 7.90. The minimum atomic E-state index is -3.31. The number of sulfonamides is 1. The van der Waals surface area contributed by atoms with Crippen LogP contribution in [0.2, 0.25) is 0 Å². The Balaban J connectivity index is 1.55. The number of thiazole rings is 1. The lowest BCUT2D eigenvalue weighted by molar-refractivity contribution is -0.135. The van der Waals surface area contributed by atoms with Crippen molar-refractivity contribution in [3.63, 3.8) is 0 Å². The zero-order valence-corrected chi connectivity index (χ0v) is 18.4. The second kappa shape index (κ2) is 8.16. The van der Waals surface area contributed by atoms with Crippen LogP contribution < -0.4 is 4.72 Å². The molecule has 2 heterocycles. The van der Waals surface area contributed by atoms with Gasteiger partial charge in [0.1, 0.15) is 5.01 Å². The Labute approximate surface area is 176 Å². The number of nitrogens with one attached hydrogen (secondary N) is 1. The van der Waals surface area contributed by atoms with E-state index in [1.165, 1.54) is 0 Å². The summed E-state index contributed by atoms with van der Waals surface area (Å²) in [5, 5.41) is 2.70. The quantitative estimate of drug-likeness (QED) is 0.728. The number of carbonyl (C=O) groups is 1. The highest BCUT2D eigenvalue weighted by atomic mass is 32.2. The first kappa shape index (κ1) is 20.5. The molecule has 2 atom stereocenters. The molecule has 8 heteroatoms. The molecule has 1 amide bonds. The molecule has 1 aliphatic heterocycles. The minimum absolute atomic E-state index is 0.0710. The Kier molecular flexibility index (Phi) is 5.77. The average Bonchev–Trinajstić information content (AvgIpc) is 3.37. The Morgan fingerprint density at radius 1 is 1.24 bits per heavy atom. The molecule has 1 aliphatic carbocycles. The zero-order chi connectivity index (χ0) is 20.6. The summed E-state index contributed by atoms with van der Waals surface area (Å²) >= 11 is 1.58. The zero-order valence-electron chi connectivity index (χ0n) is 16.7. The molecule has 1 N–H and O–H groups in total. The SMILES string of the molecule is CC(C)C(=O)N1CC[C@@H](NS(=O)(=O)C2CC2)[C@H]1Cc1csc(-c2ccccc2)n1. The van der Waals surface area contributed by atoms with Crippen molar-refractivity contribution in [2.24, 2.45) is 5.92 Å². The van der Waals surface area contributed by atoms with E-state index in [0.29, 0.717) is 19.4 Å². The second-order valence-corrected chi connectivity index (χ2v) is 11.1. The second-order valence-electron chi connectivity index (χ2n) is 8.23. The predicted octanol–water partition coefficient (Wildman–Crippen LogP) is 3.06.